The number of amides is 1. The molecule has 0 spiro atoms. The van der Waals surface area contributed by atoms with Gasteiger partial charge in [-0.15, -0.1) is 10.2 Å². The Balaban J connectivity index is 1.79. The van der Waals surface area contributed by atoms with Gasteiger partial charge in [-0.1, -0.05) is 31.7 Å². The SMILES string of the molecule is CC(C)[C@@H](Sc1nnc2ccccn12)C(=O)Nc1ccc(F)cc1. The van der Waals surface area contributed by atoms with E-state index >= 15 is 0 Å². The minimum absolute atomic E-state index is 0.0894. The molecule has 0 aliphatic carbocycles. The minimum atomic E-state index is -0.345. The Labute approximate surface area is 143 Å². The van der Waals surface area contributed by atoms with Crippen molar-refractivity contribution >= 4 is 29.0 Å². The topological polar surface area (TPSA) is 59.3 Å². The van der Waals surface area contributed by atoms with E-state index in [9.17, 15) is 9.18 Å². The van der Waals surface area contributed by atoms with E-state index < -0.39 is 0 Å². The van der Waals surface area contributed by atoms with Gasteiger partial charge in [0.2, 0.25) is 5.91 Å². The van der Waals surface area contributed by atoms with Crippen LogP contribution < -0.4 is 5.32 Å². The molecule has 3 rings (SSSR count). The summed E-state index contributed by atoms with van der Waals surface area (Å²) < 4.78 is 14.8. The number of halogens is 1. The van der Waals surface area contributed by atoms with Gasteiger partial charge in [0.1, 0.15) is 5.82 Å². The fraction of sp³-hybridized carbons (Fsp3) is 0.235. The third-order valence-electron chi connectivity index (χ3n) is 3.49. The van der Waals surface area contributed by atoms with Crippen LogP contribution in [0.4, 0.5) is 10.1 Å². The van der Waals surface area contributed by atoms with Crippen LogP contribution in [0.2, 0.25) is 0 Å². The van der Waals surface area contributed by atoms with Crippen molar-refractivity contribution in [3.05, 3.63) is 54.5 Å². The lowest BCUT2D eigenvalue weighted by Gasteiger charge is -2.18. The number of rotatable bonds is 5. The van der Waals surface area contributed by atoms with E-state index in [2.05, 4.69) is 15.5 Å². The highest BCUT2D eigenvalue weighted by Gasteiger charge is 2.26. The molecule has 1 atom stereocenters. The van der Waals surface area contributed by atoms with Crippen LogP contribution >= 0.6 is 11.8 Å². The van der Waals surface area contributed by atoms with Crippen molar-refractivity contribution in [3.8, 4) is 0 Å². The summed E-state index contributed by atoms with van der Waals surface area (Å²) in [5.41, 5.74) is 1.31. The first kappa shape index (κ1) is 16.4. The zero-order valence-electron chi connectivity index (χ0n) is 13.3. The standard InChI is InChI=1S/C17H17FN4OS/c1-11(2)15(16(23)19-13-8-6-12(18)7-9-13)24-17-21-20-14-5-3-4-10-22(14)17/h3-11,15H,1-2H3,(H,19,23)/t15-/m1/s1. The van der Waals surface area contributed by atoms with Gasteiger partial charge in [0.15, 0.2) is 10.8 Å². The molecular weight excluding hydrogens is 327 g/mol. The van der Waals surface area contributed by atoms with Gasteiger partial charge in [-0.2, -0.15) is 0 Å². The Hall–Kier alpha value is -2.41. The number of nitrogens with one attached hydrogen (secondary N) is 1. The van der Waals surface area contributed by atoms with Crippen LogP contribution in [0, 0.1) is 11.7 Å². The molecule has 0 aliphatic heterocycles. The van der Waals surface area contributed by atoms with Crippen LogP contribution in [0.5, 0.6) is 0 Å². The van der Waals surface area contributed by atoms with Crippen LogP contribution in [-0.2, 0) is 4.79 Å². The average Bonchev–Trinajstić information content (AvgIpc) is 2.97. The molecule has 0 bridgehead atoms. The summed E-state index contributed by atoms with van der Waals surface area (Å²) in [4.78, 5) is 12.6. The second-order valence-corrected chi connectivity index (χ2v) is 6.80. The van der Waals surface area contributed by atoms with Crippen LogP contribution in [0.1, 0.15) is 13.8 Å². The zero-order valence-corrected chi connectivity index (χ0v) is 14.1. The third-order valence-corrected chi connectivity index (χ3v) is 4.99. The fourth-order valence-electron chi connectivity index (χ4n) is 2.25. The van der Waals surface area contributed by atoms with Gasteiger partial charge in [0.25, 0.3) is 0 Å². The minimum Gasteiger partial charge on any atom is -0.325 e. The number of fused-ring (bicyclic) bond motifs is 1. The molecule has 0 radical (unpaired) electrons. The Morgan fingerprint density at radius 3 is 2.62 bits per heavy atom. The first-order chi connectivity index (χ1) is 11.5. The lowest BCUT2D eigenvalue weighted by molar-refractivity contribution is -0.116. The molecule has 2 heterocycles. The number of aromatic nitrogens is 3. The number of pyridine rings is 1. The predicted molar refractivity (Wildman–Crippen MR) is 92.5 cm³/mol. The van der Waals surface area contributed by atoms with Crippen molar-refractivity contribution in [3.63, 3.8) is 0 Å². The number of hydrogen-bond donors (Lipinski definition) is 1. The first-order valence-corrected chi connectivity index (χ1v) is 8.45. The average molecular weight is 344 g/mol. The van der Waals surface area contributed by atoms with E-state index in [-0.39, 0.29) is 22.9 Å². The summed E-state index contributed by atoms with van der Waals surface area (Å²) in [5.74, 6) is -0.390. The van der Waals surface area contributed by atoms with E-state index in [1.165, 1.54) is 23.9 Å². The highest BCUT2D eigenvalue weighted by Crippen LogP contribution is 2.28. The molecule has 5 nitrogen and oxygen atoms in total. The highest BCUT2D eigenvalue weighted by atomic mass is 32.2. The summed E-state index contributed by atoms with van der Waals surface area (Å²) >= 11 is 1.37. The van der Waals surface area contributed by atoms with Crippen LogP contribution in [0.3, 0.4) is 0 Å². The molecule has 0 aliphatic rings. The van der Waals surface area contributed by atoms with Crippen LogP contribution in [0.25, 0.3) is 5.65 Å². The molecule has 7 heteroatoms. The molecular formula is C17H17FN4OS. The number of hydrogen-bond acceptors (Lipinski definition) is 4. The van der Waals surface area contributed by atoms with Crippen molar-refractivity contribution in [2.45, 2.75) is 24.3 Å². The van der Waals surface area contributed by atoms with E-state index in [1.807, 2.05) is 42.6 Å². The Morgan fingerprint density at radius 2 is 1.92 bits per heavy atom. The number of carbonyl (C=O) groups excluding carboxylic acids is 1. The smallest absolute Gasteiger partial charge is 0.238 e. The lowest BCUT2D eigenvalue weighted by atomic mass is 10.1. The largest absolute Gasteiger partial charge is 0.325 e. The molecule has 24 heavy (non-hydrogen) atoms. The summed E-state index contributed by atoms with van der Waals surface area (Å²) in [6, 6.07) is 11.4. The van der Waals surface area contributed by atoms with Crippen molar-refractivity contribution in [1.82, 2.24) is 14.6 Å². The first-order valence-electron chi connectivity index (χ1n) is 7.57. The summed E-state index contributed by atoms with van der Waals surface area (Å²) in [5, 5.41) is 11.4. The van der Waals surface area contributed by atoms with Gasteiger partial charge in [-0.05, 0) is 42.3 Å². The third kappa shape index (κ3) is 3.56. The second kappa shape index (κ2) is 7.00. The van der Waals surface area contributed by atoms with E-state index in [4.69, 9.17) is 0 Å². The molecule has 0 saturated carbocycles. The quantitative estimate of drug-likeness (QED) is 0.718. The van der Waals surface area contributed by atoms with Gasteiger partial charge in [-0.3, -0.25) is 9.20 Å². The molecule has 1 N–H and O–H groups in total. The van der Waals surface area contributed by atoms with Gasteiger partial charge >= 0.3 is 0 Å². The van der Waals surface area contributed by atoms with Crippen molar-refractivity contribution in [1.29, 1.82) is 0 Å². The van der Waals surface area contributed by atoms with Crippen LogP contribution in [0.15, 0.2) is 53.8 Å². The Bertz CT molecular complexity index is 847. The number of anilines is 1. The molecule has 0 fully saturated rings. The van der Waals surface area contributed by atoms with E-state index in [1.54, 1.807) is 12.1 Å². The molecule has 3 aromatic rings. The number of thioether (sulfide) groups is 1. The van der Waals surface area contributed by atoms with Gasteiger partial charge < -0.3 is 5.32 Å². The maximum atomic E-state index is 13.0. The van der Waals surface area contributed by atoms with Gasteiger partial charge in [0, 0.05) is 11.9 Å². The zero-order chi connectivity index (χ0) is 17.1. The molecule has 2 aromatic heterocycles. The molecule has 1 amide bonds. The summed E-state index contributed by atoms with van der Waals surface area (Å²) in [7, 11) is 0. The van der Waals surface area contributed by atoms with Crippen molar-refractivity contribution in [2.75, 3.05) is 5.32 Å². The maximum absolute atomic E-state index is 13.0. The van der Waals surface area contributed by atoms with Gasteiger partial charge in [-0.25, -0.2) is 4.39 Å². The Morgan fingerprint density at radius 1 is 1.17 bits per heavy atom. The van der Waals surface area contributed by atoms with Crippen LogP contribution in [-0.4, -0.2) is 25.8 Å². The van der Waals surface area contributed by atoms with E-state index in [0.717, 1.165) is 5.65 Å². The lowest BCUT2D eigenvalue weighted by Crippen LogP contribution is -2.29. The maximum Gasteiger partial charge on any atom is 0.238 e. The molecule has 124 valence electrons. The summed E-state index contributed by atoms with van der Waals surface area (Å²) in [6.07, 6.45) is 1.87. The molecule has 1 aromatic carbocycles. The van der Waals surface area contributed by atoms with E-state index in [0.29, 0.717) is 10.8 Å². The van der Waals surface area contributed by atoms with Crippen molar-refractivity contribution in [2.24, 2.45) is 5.92 Å². The number of carbonyl (C=O) groups is 1. The normalized spacial score (nSPS) is 12.5. The number of nitrogens with zero attached hydrogens (tertiary/aromatic N) is 3. The molecule has 0 unspecified atom stereocenters. The second-order valence-electron chi connectivity index (χ2n) is 5.69. The highest BCUT2D eigenvalue weighted by molar-refractivity contribution is 8.00. The monoisotopic (exact) mass is 344 g/mol. The fourth-order valence-corrected chi connectivity index (χ4v) is 3.27. The Kier molecular flexibility index (Phi) is 4.80. The predicted octanol–water partition coefficient (Wildman–Crippen LogP) is 3.62. The van der Waals surface area contributed by atoms with Crippen molar-refractivity contribution < 1.29 is 9.18 Å². The number of benzene rings is 1. The summed E-state index contributed by atoms with van der Waals surface area (Å²) in [6.45, 7) is 3.95. The molecule has 0 saturated heterocycles. The van der Waals surface area contributed by atoms with Gasteiger partial charge in [0.05, 0.1) is 5.25 Å².